The Morgan fingerprint density at radius 2 is 1.96 bits per heavy atom. The van der Waals surface area contributed by atoms with Crippen LogP contribution < -0.4 is 5.32 Å². The predicted molar refractivity (Wildman–Crippen MR) is 93.3 cm³/mol. The van der Waals surface area contributed by atoms with Crippen molar-refractivity contribution in [2.75, 3.05) is 0 Å². The largest absolute Gasteiger partial charge is 0.367 e. The average Bonchev–Trinajstić information content (AvgIpc) is 2.53. The van der Waals surface area contributed by atoms with Crippen LogP contribution in [-0.4, -0.2) is 23.9 Å². The summed E-state index contributed by atoms with van der Waals surface area (Å²) >= 11 is 0. The van der Waals surface area contributed by atoms with Crippen molar-refractivity contribution in [2.24, 2.45) is 4.99 Å². The first-order chi connectivity index (χ1) is 11.0. The highest BCUT2D eigenvalue weighted by atomic mass is 16.5. The minimum absolute atomic E-state index is 0.0145. The molecular weight excluding hydrogens is 288 g/mol. The molecule has 124 valence electrons. The Balaban J connectivity index is 2.04. The first kappa shape index (κ1) is 17.4. The first-order valence-corrected chi connectivity index (χ1v) is 8.23. The summed E-state index contributed by atoms with van der Waals surface area (Å²) < 4.78 is 6.09. The van der Waals surface area contributed by atoms with Gasteiger partial charge in [0.15, 0.2) is 0 Å². The fourth-order valence-corrected chi connectivity index (χ4v) is 2.70. The molecule has 0 aromatic heterocycles. The molecule has 0 saturated heterocycles. The van der Waals surface area contributed by atoms with E-state index in [4.69, 9.17) is 4.74 Å². The molecule has 4 heteroatoms. The summed E-state index contributed by atoms with van der Waals surface area (Å²) in [6.45, 7) is 8.63. The van der Waals surface area contributed by atoms with Gasteiger partial charge in [-0.15, -0.1) is 0 Å². The zero-order valence-corrected chi connectivity index (χ0v) is 14.4. The topological polar surface area (TPSA) is 50.7 Å². The van der Waals surface area contributed by atoms with Crippen LogP contribution in [0, 0.1) is 0 Å². The molecule has 1 aliphatic heterocycles. The summed E-state index contributed by atoms with van der Waals surface area (Å²) in [4.78, 5) is 16.4. The number of nitrogens with zero attached hydrogens (tertiary/aromatic N) is 1. The molecule has 1 aromatic carbocycles. The van der Waals surface area contributed by atoms with Gasteiger partial charge in [0, 0.05) is 6.42 Å². The number of nitrogens with one attached hydrogen (secondary N) is 1. The van der Waals surface area contributed by atoms with E-state index in [-0.39, 0.29) is 18.1 Å². The maximum Gasteiger partial charge on any atom is 0.225 e. The van der Waals surface area contributed by atoms with Crippen molar-refractivity contribution >= 4 is 11.7 Å². The van der Waals surface area contributed by atoms with E-state index in [0.29, 0.717) is 18.9 Å². The number of benzene rings is 1. The molecule has 0 aliphatic carbocycles. The number of carbonyl (C=O) groups is 1. The Bertz CT molecular complexity index is 605. The van der Waals surface area contributed by atoms with E-state index in [1.165, 1.54) is 0 Å². The minimum atomic E-state index is -0.0537. The van der Waals surface area contributed by atoms with Gasteiger partial charge in [-0.25, -0.2) is 0 Å². The molecule has 4 nitrogen and oxygen atoms in total. The standard InChI is InChI=1S/C19H26N2O2/c1-5-9-17(22)21-19-14(3)13(2)18(15(4)20-19)23-12-16-10-7-6-8-11-16/h6-8,10-11,15,18H,5,9,12H2,1-4H3,(H,20,21,22). The van der Waals surface area contributed by atoms with Gasteiger partial charge in [-0.05, 0) is 43.9 Å². The second-order valence-corrected chi connectivity index (χ2v) is 6.04. The van der Waals surface area contributed by atoms with Crippen molar-refractivity contribution in [1.29, 1.82) is 0 Å². The van der Waals surface area contributed by atoms with Crippen molar-refractivity contribution in [3.63, 3.8) is 0 Å². The number of hydrogen-bond donors (Lipinski definition) is 1. The second kappa shape index (κ2) is 8.06. The van der Waals surface area contributed by atoms with Crippen LogP contribution in [0.3, 0.4) is 0 Å². The lowest BCUT2D eigenvalue weighted by atomic mass is 9.96. The highest BCUT2D eigenvalue weighted by molar-refractivity contribution is 6.08. The van der Waals surface area contributed by atoms with Crippen molar-refractivity contribution in [3.05, 3.63) is 47.0 Å². The van der Waals surface area contributed by atoms with Crippen LogP contribution in [0.4, 0.5) is 0 Å². The molecule has 0 bridgehead atoms. The van der Waals surface area contributed by atoms with Crippen LogP contribution in [0.5, 0.6) is 0 Å². The number of ether oxygens (including phenoxy) is 1. The van der Waals surface area contributed by atoms with Gasteiger partial charge in [0.2, 0.25) is 5.91 Å². The Morgan fingerprint density at radius 1 is 1.26 bits per heavy atom. The fraction of sp³-hybridized carbons (Fsp3) is 0.474. The van der Waals surface area contributed by atoms with Crippen LogP contribution in [0.15, 0.2) is 46.5 Å². The molecule has 0 radical (unpaired) electrons. The lowest BCUT2D eigenvalue weighted by molar-refractivity contribution is -0.119. The third kappa shape index (κ3) is 4.52. The van der Waals surface area contributed by atoms with Crippen molar-refractivity contribution < 1.29 is 9.53 Å². The molecular formula is C19H26N2O2. The number of aliphatic imine (C=N–C) groups is 1. The molecule has 0 fully saturated rings. The van der Waals surface area contributed by atoms with Crippen molar-refractivity contribution in [2.45, 2.75) is 59.3 Å². The highest BCUT2D eigenvalue weighted by Gasteiger charge is 2.27. The van der Waals surface area contributed by atoms with E-state index in [0.717, 1.165) is 23.1 Å². The smallest absolute Gasteiger partial charge is 0.225 e. The monoisotopic (exact) mass is 314 g/mol. The third-order valence-corrected chi connectivity index (χ3v) is 4.15. The van der Waals surface area contributed by atoms with E-state index in [1.54, 1.807) is 0 Å². The summed E-state index contributed by atoms with van der Waals surface area (Å²) in [5, 5.41) is 2.92. The molecule has 2 rings (SSSR count). The normalized spacial score (nSPS) is 21.1. The molecule has 1 aromatic rings. The van der Waals surface area contributed by atoms with Gasteiger partial charge in [-0.3, -0.25) is 9.79 Å². The number of amidine groups is 1. The number of carbonyl (C=O) groups excluding carboxylic acids is 1. The maximum atomic E-state index is 11.8. The minimum Gasteiger partial charge on any atom is -0.367 e. The van der Waals surface area contributed by atoms with Gasteiger partial charge in [-0.1, -0.05) is 37.3 Å². The van der Waals surface area contributed by atoms with Crippen LogP contribution in [0.25, 0.3) is 0 Å². The summed E-state index contributed by atoms with van der Waals surface area (Å²) in [6.07, 6.45) is 1.30. The summed E-state index contributed by atoms with van der Waals surface area (Å²) in [7, 11) is 0. The molecule has 1 amide bonds. The van der Waals surface area contributed by atoms with Crippen LogP contribution in [-0.2, 0) is 16.1 Å². The van der Waals surface area contributed by atoms with E-state index in [9.17, 15) is 4.79 Å². The molecule has 23 heavy (non-hydrogen) atoms. The van der Waals surface area contributed by atoms with Crippen LogP contribution in [0.1, 0.15) is 46.1 Å². The number of hydrogen-bond acceptors (Lipinski definition) is 3. The summed E-state index contributed by atoms with van der Waals surface area (Å²) in [5.41, 5.74) is 3.29. The molecule has 2 atom stereocenters. The molecule has 1 aliphatic rings. The number of dihydropyridines is 1. The van der Waals surface area contributed by atoms with Gasteiger partial charge in [0.1, 0.15) is 11.9 Å². The molecule has 1 N–H and O–H groups in total. The summed E-state index contributed by atoms with van der Waals surface area (Å²) in [6, 6.07) is 10.1. The van der Waals surface area contributed by atoms with Crippen LogP contribution >= 0.6 is 0 Å². The van der Waals surface area contributed by atoms with Gasteiger partial charge >= 0.3 is 0 Å². The van der Waals surface area contributed by atoms with Crippen LogP contribution in [0.2, 0.25) is 0 Å². The Labute approximate surface area is 138 Å². The molecule has 1 heterocycles. The lowest BCUT2D eigenvalue weighted by Gasteiger charge is -2.30. The van der Waals surface area contributed by atoms with E-state index in [1.807, 2.05) is 39.0 Å². The molecule has 2 unspecified atom stereocenters. The molecule has 0 spiro atoms. The van der Waals surface area contributed by atoms with Gasteiger partial charge < -0.3 is 10.1 Å². The predicted octanol–water partition coefficient (Wildman–Crippen LogP) is 3.63. The molecule has 0 saturated carbocycles. The van der Waals surface area contributed by atoms with Crippen molar-refractivity contribution in [1.82, 2.24) is 5.32 Å². The van der Waals surface area contributed by atoms with E-state index < -0.39 is 0 Å². The van der Waals surface area contributed by atoms with E-state index >= 15 is 0 Å². The second-order valence-electron chi connectivity index (χ2n) is 6.04. The Hall–Kier alpha value is -1.94. The fourth-order valence-electron chi connectivity index (χ4n) is 2.70. The SMILES string of the molecule is CCCC(=O)NC1=NC(C)C(OCc2ccccc2)C(C)=C1C. The average molecular weight is 314 g/mol. The Kier molecular flexibility index (Phi) is 6.11. The lowest BCUT2D eigenvalue weighted by Crippen LogP contribution is -2.40. The quantitative estimate of drug-likeness (QED) is 0.902. The number of amides is 1. The maximum absolute atomic E-state index is 11.8. The Morgan fingerprint density at radius 3 is 2.61 bits per heavy atom. The van der Waals surface area contributed by atoms with Gasteiger partial charge in [0.25, 0.3) is 0 Å². The van der Waals surface area contributed by atoms with Gasteiger partial charge in [-0.2, -0.15) is 0 Å². The van der Waals surface area contributed by atoms with Crippen molar-refractivity contribution in [3.8, 4) is 0 Å². The van der Waals surface area contributed by atoms with E-state index in [2.05, 4.69) is 29.4 Å². The highest BCUT2D eigenvalue weighted by Crippen LogP contribution is 2.24. The third-order valence-electron chi connectivity index (χ3n) is 4.15. The van der Waals surface area contributed by atoms with Gasteiger partial charge in [0.05, 0.1) is 12.6 Å². The number of rotatable bonds is 5. The zero-order chi connectivity index (χ0) is 16.8. The first-order valence-electron chi connectivity index (χ1n) is 8.23. The zero-order valence-electron chi connectivity index (χ0n) is 14.4. The summed E-state index contributed by atoms with van der Waals surface area (Å²) in [5.74, 6) is 0.710.